The molecule has 1 amide bonds. The van der Waals surface area contributed by atoms with Gasteiger partial charge in [-0.25, -0.2) is 0 Å². The average molecular weight is 254 g/mol. The summed E-state index contributed by atoms with van der Waals surface area (Å²) in [6, 6.07) is 2.89. The Hall–Kier alpha value is -1.95. The first kappa shape index (κ1) is 14.1. The summed E-state index contributed by atoms with van der Waals surface area (Å²) < 4.78 is 15.7. The molecule has 0 fully saturated rings. The van der Waals surface area contributed by atoms with Gasteiger partial charge in [0.1, 0.15) is 0 Å². The fraction of sp³-hybridized carbons (Fsp3) is 0.417. The van der Waals surface area contributed by atoms with E-state index < -0.39 is 11.9 Å². The van der Waals surface area contributed by atoms with Crippen LogP contribution in [0.1, 0.15) is 18.0 Å². The van der Waals surface area contributed by atoms with Crippen LogP contribution in [0.3, 0.4) is 0 Å². The fourth-order valence-electron chi connectivity index (χ4n) is 1.74. The van der Waals surface area contributed by atoms with E-state index in [-0.39, 0.29) is 6.42 Å². The minimum absolute atomic E-state index is 0.0336. The molecule has 18 heavy (non-hydrogen) atoms. The maximum absolute atomic E-state index is 10.9. The summed E-state index contributed by atoms with van der Waals surface area (Å²) in [6.45, 7) is 0. The lowest BCUT2D eigenvalue weighted by Crippen LogP contribution is -2.21. The number of ether oxygens (including phenoxy) is 3. The number of methoxy groups -OCH3 is 3. The van der Waals surface area contributed by atoms with Crippen molar-refractivity contribution in [3.63, 3.8) is 0 Å². The summed E-state index contributed by atoms with van der Waals surface area (Å²) in [7, 11) is 4.53. The molecule has 0 bridgehead atoms. The maximum atomic E-state index is 10.9. The first-order chi connectivity index (χ1) is 8.54. The second-order valence-electron chi connectivity index (χ2n) is 3.70. The fourth-order valence-corrected chi connectivity index (χ4v) is 1.74. The van der Waals surface area contributed by atoms with Crippen molar-refractivity contribution < 1.29 is 19.0 Å². The molecule has 0 saturated carbocycles. The van der Waals surface area contributed by atoms with Gasteiger partial charge in [0.25, 0.3) is 0 Å². The third-order valence-electron chi connectivity index (χ3n) is 2.56. The first-order valence-electron chi connectivity index (χ1n) is 5.37. The van der Waals surface area contributed by atoms with Crippen LogP contribution in [-0.2, 0) is 4.79 Å². The lowest BCUT2D eigenvalue weighted by molar-refractivity contribution is -0.118. The van der Waals surface area contributed by atoms with Crippen LogP contribution >= 0.6 is 0 Å². The van der Waals surface area contributed by atoms with E-state index in [1.165, 1.54) is 21.3 Å². The Labute approximate surface area is 106 Å². The molecule has 0 aliphatic carbocycles. The van der Waals surface area contributed by atoms with Crippen molar-refractivity contribution in [2.75, 3.05) is 21.3 Å². The van der Waals surface area contributed by atoms with Gasteiger partial charge >= 0.3 is 0 Å². The van der Waals surface area contributed by atoms with Crippen LogP contribution in [0.2, 0.25) is 0 Å². The monoisotopic (exact) mass is 254 g/mol. The Morgan fingerprint density at radius 1 is 1.17 bits per heavy atom. The second kappa shape index (κ2) is 6.11. The van der Waals surface area contributed by atoms with Gasteiger partial charge in [-0.2, -0.15) is 0 Å². The topological polar surface area (TPSA) is 96.8 Å². The Morgan fingerprint density at radius 2 is 1.78 bits per heavy atom. The van der Waals surface area contributed by atoms with E-state index in [1.54, 1.807) is 12.1 Å². The van der Waals surface area contributed by atoms with Crippen LogP contribution in [-0.4, -0.2) is 27.2 Å². The van der Waals surface area contributed by atoms with Gasteiger partial charge in [-0.05, 0) is 12.1 Å². The molecule has 0 unspecified atom stereocenters. The average Bonchev–Trinajstić information content (AvgIpc) is 2.35. The van der Waals surface area contributed by atoms with Crippen LogP contribution in [0.5, 0.6) is 17.2 Å². The van der Waals surface area contributed by atoms with Crippen molar-refractivity contribution in [1.82, 2.24) is 0 Å². The Bertz CT molecular complexity index is 434. The number of hydrogen-bond acceptors (Lipinski definition) is 5. The number of hydrogen-bond donors (Lipinski definition) is 2. The third-order valence-corrected chi connectivity index (χ3v) is 2.56. The van der Waals surface area contributed by atoms with Gasteiger partial charge in [0, 0.05) is 18.0 Å². The number of primary amides is 1. The smallest absolute Gasteiger partial charge is 0.219 e. The molecule has 0 aromatic heterocycles. The first-order valence-corrected chi connectivity index (χ1v) is 5.37. The van der Waals surface area contributed by atoms with E-state index in [9.17, 15) is 4.79 Å². The summed E-state index contributed by atoms with van der Waals surface area (Å²) in [6.07, 6.45) is 0.0336. The predicted octanol–water partition coefficient (Wildman–Crippen LogP) is 0.588. The highest BCUT2D eigenvalue weighted by molar-refractivity contribution is 5.75. The summed E-state index contributed by atoms with van der Waals surface area (Å²) in [5.74, 6) is 0.951. The van der Waals surface area contributed by atoms with Crippen LogP contribution in [0.25, 0.3) is 0 Å². The summed E-state index contributed by atoms with van der Waals surface area (Å²) >= 11 is 0. The minimum Gasteiger partial charge on any atom is -0.493 e. The van der Waals surface area contributed by atoms with Crippen LogP contribution in [0.15, 0.2) is 12.1 Å². The quantitative estimate of drug-likeness (QED) is 0.774. The molecule has 1 aromatic carbocycles. The van der Waals surface area contributed by atoms with Crippen LogP contribution in [0, 0.1) is 0 Å². The molecule has 4 N–H and O–H groups in total. The van der Waals surface area contributed by atoms with Gasteiger partial charge in [0.2, 0.25) is 11.7 Å². The molecule has 6 nitrogen and oxygen atoms in total. The number of rotatable bonds is 6. The standard InChI is InChI=1S/C12H18N2O4/c1-16-9-5-4-7(8(13)6-10(14)15)11(17-2)12(9)18-3/h4-5,8H,6,13H2,1-3H3,(H2,14,15)/t8-/m0/s1. The number of carbonyl (C=O) groups excluding carboxylic acids is 1. The Balaban J connectivity index is 3.23. The predicted molar refractivity (Wildman–Crippen MR) is 66.8 cm³/mol. The van der Waals surface area contributed by atoms with Crippen molar-refractivity contribution in [2.24, 2.45) is 11.5 Å². The molecular formula is C12H18N2O4. The highest BCUT2D eigenvalue weighted by Crippen LogP contribution is 2.41. The molecule has 1 atom stereocenters. The van der Waals surface area contributed by atoms with Crippen molar-refractivity contribution in [2.45, 2.75) is 12.5 Å². The molecule has 0 saturated heterocycles. The van der Waals surface area contributed by atoms with Crippen molar-refractivity contribution in [3.05, 3.63) is 17.7 Å². The summed E-state index contributed by atoms with van der Waals surface area (Å²) in [4.78, 5) is 10.9. The summed E-state index contributed by atoms with van der Waals surface area (Å²) in [5.41, 5.74) is 11.7. The summed E-state index contributed by atoms with van der Waals surface area (Å²) in [5, 5.41) is 0. The lowest BCUT2D eigenvalue weighted by atomic mass is 10.0. The maximum Gasteiger partial charge on any atom is 0.219 e. The van der Waals surface area contributed by atoms with Crippen molar-refractivity contribution >= 4 is 5.91 Å². The normalized spacial score (nSPS) is 11.8. The van der Waals surface area contributed by atoms with E-state index >= 15 is 0 Å². The highest BCUT2D eigenvalue weighted by Gasteiger charge is 2.20. The molecule has 1 aromatic rings. The van der Waals surface area contributed by atoms with Gasteiger partial charge in [-0.1, -0.05) is 0 Å². The Kier molecular flexibility index (Phi) is 4.79. The van der Waals surface area contributed by atoms with E-state index in [0.29, 0.717) is 22.8 Å². The van der Waals surface area contributed by atoms with Crippen LogP contribution < -0.4 is 25.7 Å². The number of benzene rings is 1. The molecule has 0 spiro atoms. The second-order valence-corrected chi connectivity index (χ2v) is 3.70. The van der Waals surface area contributed by atoms with Crippen LogP contribution in [0.4, 0.5) is 0 Å². The van der Waals surface area contributed by atoms with E-state index in [1.807, 2.05) is 0 Å². The third kappa shape index (κ3) is 2.84. The van der Waals surface area contributed by atoms with Gasteiger partial charge in [-0.3, -0.25) is 4.79 Å². The largest absolute Gasteiger partial charge is 0.493 e. The molecule has 0 aliphatic rings. The van der Waals surface area contributed by atoms with Crippen molar-refractivity contribution in [1.29, 1.82) is 0 Å². The zero-order valence-electron chi connectivity index (χ0n) is 10.7. The zero-order chi connectivity index (χ0) is 13.7. The molecule has 100 valence electrons. The molecule has 0 aliphatic heterocycles. The zero-order valence-corrected chi connectivity index (χ0v) is 10.7. The molecule has 0 heterocycles. The van der Waals surface area contributed by atoms with Crippen molar-refractivity contribution in [3.8, 4) is 17.2 Å². The molecule has 6 heteroatoms. The SMILES string of the molecule is COc1ccc([C@@H](N)CC(N)=O)c(OC)c1OC. The van der Waals surface area contributed by atoms with Gasteiger partial charge in [0.15, 0.2) is 11.5 Å². The van der Waals surface area contributed by atoms with E-state index in [4.69, 9.17) is 25.7 Å². The lowest BCUT2D eigenvalue weighted by Gasteiger charge is -2.18. The number of carbonyl (C=O) groups is 1. The van der Waals surface area contributed by atoms with E-state index in [2.05, 4.69) is 0 Å². The van der Waals surface area contributed by atoms with Gasteiger partial charge in [0.05, 0.1) is 21.3 Å². The molecule has 1 rings (SSSR count). The van der Waals surface area contributed by atoms with Gasteiger partial charge in [-0.15, -0.1) is 0 Å². The van der Waals surface area contributed by atoms with E-state index in [0.717, 1.165) is 0 Å². The van der Waals surface area contributed by atoms with Gasteiger partial charge < -0.3 is 25.7 Å². The molecule has 0 radical (unpaired) electrons. The highest BCUT2D eigenvalue weighted by atomic mass is 16.5. The Morgan fingerprint density at radius 3 is 2.22 bits per heavy atom. The number of nitrogens with two attached hydrogens (primary N) is 2. The minimum atomic E-state index is -0.544. The molecular weight excluding hydrogens is 236 g/mol. The number of amides is 1.